The van der Waals surface area contributed by atoms with E-state index in [1.807, 2.05) is 84.9 Å². The van der Waals surface area contributed by atoms with E-state index in [1.165, 1.54) is 17.3 Å². The van der Waals surface area contributed by atoms with Crippen LogP contribution in [0.5, 0.6) is 11.6 Å². The van der Waals surface area contributed by atoms with E-state index in [-0.39, 0.29) is 6.04 Å². The number of pyridine rings is 1. The second-order valence-corrected chi connectivity index (χ2v) is 7.65. The summed E-state index contributed by atoms with van der Waals surface area (Å²) in [5.41, 5.74) is 8.10. The molecule has 40 heavy (non-hydrogen) atoms. The molecule has 1 heterocycles. The molecule has 2 aromatic rings. The molecule has 2 rings (SSSR count). The second kappa shape index (κ2) is 29.9. The van der Waals surface area contributed by atoms with Crippen molar-refractivity contribution in [1.29, 1.82) is 0 Å². The number of carbonyl (C=O) groups is 1. The van der Waals surface area contributed by atoms with Crippen molar-refractivity contribution in [1.82, 2.24) is 10.3 Å². The lowest BCUT2D eigenvalue weighted by atomic mass is 9.99. The van der Waals surface area contributed by atoms with Gasteiger partial charge in [-0.3, -0.25) is 4.79 Å². The minimum atomic E-state index is -0.502. The molecule has 0 aliphatic rings. The Morgan fingerprint density at radius 1 is 1.02 bits per heavy atom. The summed E-state index contributed by atoms with van der Waals surface area (Å²) in [5.74, 6) is 0.658. The maximum Gasteiger partial charge on any atom is 0.250 e. The Bertz CT molecular complexity index is 990. The van der Waals surface area contributed by atoms with Gasteiger partial charge in [-0.2, -0.15) is 0 Å². The van der Waals surface area contributed by atoms with Crippen LogP contribution in [0.15, 0.2) is 98.3 Å². The first-order valence-corrected chi connectivity index (χ1v) is 14.3. The Labute approximate surface area is 245 Å². The number of nitrogens with one attached hydrogen (secondary N) is 1. The lowest BCUT2D eigenvalue weighted by molar-refractivity contribution is 0.1000. The Hall–Kier alpha value is -3.70. The lowest BCUT2D eigenvalue weighted by Crippen LogP contribution is -2.20. The van der Waals surface area contributed by atoms with Crippen LogP contribution in [-0.2, 0) is 6.42 Å². The summed E-state index contributed by atoms with van der Waals surface area (Å²) in [6.07, 6.45) is 18.9. The molecule has 0 fully saturated rings. The van der Waals surface area contributed by atoms with Gasteiger partial charge in [0.25, 0.3) is 0 Å². The number of aromatic nitrogens is 1. The molecule has 0 saturated heterocycles. The summed E-state index contributed by atoms with van der Waals surface area (Å²) >= 11 is 0. The number of allylic oxidation sites excluding steroid dienone is 7. The number of hydrogen-bond donors (Lipinski definition) is 2. The molecule has 0 aliphatic carbocycles. The highest BCUT2D eigenvalue weighted by Gasteiger charge is 2.11. The molecule has 0 aliphatic heterocycles. The van der Waals surface area contributed by atoms with Gasteiger partial charge in [0, 0.05) is 18.3 Å². The fourth-order valence-electron chi connectivity index (χ4n) is 3.00. The summed E-state index contributed by atoms with van der Waals surface area (Å²) in [5, 5.41) is 3.55. The first kappa shape index (κ1) is 40.8. The topological polar surface area (TPSA) is 77.2 Å². The zero-order valence-electron chi connectivity index (χ0n) is 26.5. The molecule has 0 bridgehead atoms. The molecule has 1 unspecified atom stereocenters. The van der Waals surface area contributed by atoms with E-state index in [0.29, 0.717) is 11.4 Å². The van der Waals surface area contributed by atoms with Gasteiger partial charge in [0.15, 0.2) is 0 Å². The maximum atomic E-state index is 11.1. The highest BCUT2D eigenvalue weighted by molar-refractivity contribution is 5.92. The van der Waals surface area contributed by atoms with Gasteiger partial charge in [-0.15, -0.1) is 6.58 Å². The average molecular weight is 550 g/mol. The molecule has 1 atom stereocenters. The van der Waals surface area contributed by atoms with Gasteiger partial charge in [0.2, 0.25) is 11.8 Å². The smallest absolute Gasteiger partial charge is 0.250 e. The zero-order chi connectivity index (χ0) is 31.2. The number of nitrogens with two attached hydrogens (primary N) is 1. The van der Waals surface area contributed by atoms with Gasteiger partial charge >= 0.3 is 0 Å². The van der Waals surface area contributed by atoms with Crippen LogP contribution < -0.4 is 15.8 Å². The molecular weight excluding hydrogens is 494 g/mol. The number of aryl methyl sites for hydroxylation is 1. The van der Waals surface area contributed by atoms with Gasteiger partial charge in [-0.25, -0.2) is 4.98 Å². The minimum Gasteiger partial charge on any atom is -0.439 e. The number of rotatable bonds is 11. The summed E-state index contributed by atoms with van der Waals surface area (Å²) in [7, 11) is 0. The van der Waals surface area contributed by atoms with Crippen molar-refractivity contribution in [2.75, 3.05) is 6.54 Å². The van der Waals surface area contributed by atoms with Gasteiger partial charge in [0.1, 0.15) is 5.75 Å². The third-order valence-corrected chi connectivity index (χ3v) is 4.75. The lowest BCUT2D eigenvalue weighted by Gasteiger charge is -2.18. The molecular formula is C35H55N3O2. The van der Waals surface area contributed by atoms with Crippen molar-refractivity contribution in [3.63, 3.8) is 0 Å². The minimum absolute atomic E-state index is 0.275. The Kier molecular flexibility index (Phi) is 30.4. The fourth-order valence-corrected chi connectivity index (χ4v) is 3.00. The first-order chi connectivity index (χ1) is 19.4. The largest absolute Gasteiger partial charge is 0.439 e. The number of carbonyl (C=O) groups excluding carboxylic acids is 1. The molecule has 0 spiro atoms. The molecule has 222 valence electrons. The van der Waals surface area contributed by atoms with E-state index < -0.39 is 5.91 Å². The highest BCUT2D eigenvalue weighted by atomic mass is 16.5. The molecule has 1 amide bonds. The van der Waals surface area contributed by atoms with Crippen LogP contribution in [0.2, 0.25) is 0 Å². The monoisotopic (exact) mass is 549 g/mol. The van der Waals surface area contributed by atoms with Gasteiger partial charge in [-0.1, -0.05) is 95.9 Å². The quantitative estimate of drug-likeness (QED) is 0.166. The van der Waals surface area contributed by atoms with Crippen molar-refractivity contribution in [2.24, 2.45) is 5.73 Å². The van der Waals surface area contributed by atoms with Crippen LogP contribution in [0, 0.1) is 0 Å². The molecule has 5 heteroatoms. The van der Waals surface area contributed by atoms with E-state index in [1.54, 1.807) is 24.3 Å². The molecule has 1 aromatic carbocycles. The number of hydrogen-bond acceptors (Lipinski definition) is 4. The van der Waals surface area contributed by atoms with E-state index in [2.05, 4.69) is 55.5 Å². The van der Waals surface area contributed by atoms with Crippen LogP contribution in [0.25, 0.3) is 0 Å². The third kappa shape index (κ3) is 20.3. The molecule has 3 N–H and O–H groups in total. The van der Waals surface area contributed by atoms with Gasteiger partial charge in [0.05, 0.1) is 5.56 Å². The first-order valence-electron chi connectivity index (χ1n) is 14.3. The van der Waals surface area contributed by atoms with Crippen LogP contribution in [0.4, 0.5) is 0 Å². The summed E-state index contributed by atoms with van der Waals surface area (Å²) in [6.45, 7) is 26.0. The zero-order valence-corrected chi connectivity index (χ0v) is 26.5. The highest BCUT2D eigenvalue weighted by Crippen LogP contribution is 2.26. The molecule has 1 aromatic heterocycles. The number of ether oxygens (including phenoxy) is 1. The van der Waals surface area contributed by atoms with Crippen molar-refractivity contribution in [2.45, 2.75) is 81.2 Å². The van der Waals surface area contributed by atoms with Crippen molar-refractivity contribution >= 4 is 5.91 Å². The van der Waals surface area contributed by atoms with Crippen molar-refractivity contribution in [3.8, 4) is 11.6 Å². The predicted octanol–water partition coefficient (Wildman–Crippen LogP) is 9.70. The number of nitrogens with zero attached hydrogens (tertiary/aromatic N) is 1. The average Bonchev–Trinajstić information content (AvgIpc) is 2.98. The van der Waals surface area contributed by atoms with Gasteiger partial charge < -0.3 is 15.8 Å². The standard InChI is InChI=1S/C21H27N3O2.C7H10.C3H6.2C2H6/c1-4-6-7-12-23-15(3)19-10-9-18(13-16(19)5-2)26-20-11-8-17(14-24-20)21(22)25;1-3-5-7-6-4-2;1-3-2;2*1-2/h4,6,8-11,13-15,23H,5,7,12H2,1-3H3,(H2,22,25);3-7H,1H2,2H3;3H,1H2,2H3;2*1-2H3/b6-4+;6-4-,7-5-;;;. The summed E-state index contributed by atoms with van der Waals surface area (Å²) < 4.78 is 5.81. The van der Waals surface area contributed by atoms with Gasteiger partial charge in [-0.05, 0) is 76.4 Å². The molecule has 0 radical (unpaired) electrons. The van der Waals surface area contributed by atoms with E-state index >= 15 is 0 Å². The van der Waals surface area contributed by atoms with Crippen molar-refractivity contribution < 1.29 is 9.53 Å². The van der Waals surface area contributed by atoms with Crippen LogP contribution >= 0.6 is 0 Å². The van der Waals surface area contributed by atoms with E-state index in [0.717, 1.165) is 25.1 Å². The van der Waals surface area contributed by atoms with Crippen LogP contribution in [0.3, 0.4) is 0 Å². The fraction of sp³-hybridized carbons (Fsp3) is 0.371. The van der Waals surface area contributed by atoms with Crippen LogP contribution in [-0.4, -0.2) is 17.4 Å². The molecule has 5 nitrogen and oxygen atoms in total. The Balaban J connectivity index is -0.000000820. The number of benzene rings is 1. The Morgan fingerprint density at radius 3 is 2.15 bits per heavy atom. The van der Waals surface area contributed by atoms with Crippen molar-refractivity contribution in [3.05, 3.63) is 115 Å². The summed E-state index contributed by atoms with van der Waals surface area (Å²) in [4.78, 5) is 15.2. The number of amides is 1. The Morgan fingerprint density at radius 2 is 1.68 bits per heavy atom. The predicted molar refractivity (Wildman–Crippen MR) is 177 cm³/mol. The second-order valence-electron chi connectivity index (χ2n) is 7.65. The SMILES string of the molecule is C/C=C/CCNC(C)c1ccc(Oc2ccc(C(N)=O)cn2)cc1CC.C=C/C=C\C=C/C.C=CC.CC.CC. The maximum absolute atomic E-state index is 11.1. The summed E-state index contributed by atoms with van der Waals surface area (Å²) in [6, 6.07) is 9.61. The molecule has 0 saturated carbocycles. The van der Waals surface area contributed by atoms with E-state index in [4.69, 9.17) is 10.5 Å². The van der Waals surface area contributed by atoms with E-state index in [9.17, 15) is 4.79 Å². The number of primary amides is 1. The van der Waals surface area contributed by atoms with Crippen LogP contribution in [0.1, 0.15) is 96.3 Å². The normalized spacial score (nSPS) is 10.5. The third-order valence-electron chi connectivity index (χ3n) is 4.75.